The molecule has 6 heteroatoms. The van der Waals surface area contributed by atoms with Crippen molar-refractivity contribution in [2.45, 2.75) is 20.3 Å². The average Bonchev–Trinajstić information content (AvgIpc) is 2.34. The SMILES string of the molecule is CCOC(=O)NCCC(=O)Nc1ccc(C)c(F)c1. The zero-order chi connectivity index (χ0) is 14.3. The average molecular weight is 268 g/mol. The van der Waals surface area contributed by atoms with Crippen molar-refractivity contribution in [1.82, 2.24) is 5.32 Å². The number of halogens is 1. The van der Waals surface area contributed by atoms with Gasteiger partial charge in [0, 0.05) is 18.7 Å². The van der Waals surface area contributed by atoms with Gasteiger partial charge in [-0.25, -0.2) is 9.18 Å². The predicted molar refractivity (Wildman–Crippen MR) is 69.4 cm³/mol. The van der Waals surface area contributed by atoms with Crippen LogP contribution in [0.15, 0.2) is 18.2 Å². The summed E-state index contributed by atoms with van der Waals surface area (Å²) in [6, 6.07) is 4.46. The van der Waals surface area contributed by atoms with Gasteiger partial charge in [0.15, 0.2) is 0 Å². The fourth-order valence-electron chi connectivity index (χ4n) is 1.35. The van der Waals surface area contributed by atoms with Crippen LogP contribution >= 0.6 is 0 Å². The number of carbonyl (C=O) groups excluding carboxylic acids is 2. The van der Waals surface area contributed by atoms with Crippen LogP contribution in [-0.4, -0.2) is 25.2 Å². The molecule has 19 heavy (non-hydrogen) atoms. The van der Waals surface area contributed by atoms with Crippen LogP contribution in [0.2, 0.25) is 0 Å². The fraction of sp³-hybridized carbons (Fsp3) is 0.385. The van der Waals surface area contributed by atoms with E-state index in [4.69, 9.17) is 0 Å². The molecule has 0 atom stereocenters. The largest absolute Gasteiger partial charge is 0.450 e. The molecule has 2 N–H and O–H groups in total. The number of benzene rings is 1. The first-order valence-corrected chi connectivity index (χ1v) is 5.99. The Hall–Kier alpha value is -2.11. The number of rotatable bonds is 5. The van der Waals surface area contributed by atoms with Crippen LogP contribution in [0, 0.1) is 12.7 Å². The van der Waals surface area contributed by atoms with Gasteiger partial charge in [-0.2, -0.15) is 0 Å². The molecule has 0 heterocycles. The van der Waals surface area contributed by atoms with E-state index in [2.05, 4.69) is 15.4 Å². The molecular formula is C13H17FN2O3. The number of nitrogens with one attached hydrogen (secondary N) is 2. The van der Waals surface area contributed by atoms with Crippen LogP contribution in [-0.2, 0) is 9.53 Å². The third-order valence-corrected chi connectivity index (χ3v) is 2.35. The molecule has 0 radical (unpaired) electrons. The Morgan fingerprint density at radius 2 is 2.11 bits per heavy atom. The quantitative estimate of drug-likeness (QED) is 0.860. The fourth-order valence-corrected chi connectivity index (χ4v) is 1.35. The number of amides is 2. The van der Waals surface area contributed by atoms with Crippen LogP contribution in [0.5, 0.6) is 0 Å². The van der Waals surface area contributed by atoms with E-state index < -0.39 is 6.09 Å². The lowest BCUT2D eigenvalue weighted by Gasteiger charge is -2.07. The summed E-state index contributed by atoms with van der Waals surface area (Å²) < 4.78 is 17.9. The zero-order valence-electron chi connectivity index (χ0n) is 11.0. The second-order valence-corrected chi connectivity index (χ2v) is 3.91. The minimum atomic E-state index is -0.559. The Bertz CT molecular complexity index is 463. The van der Waals surface area contributed by atoms with Gasteiger partial charge in [-0.05, 0) is 31.5 Å². The lowest BCUT2D eigenvalue weighted by molar-refractivity contribution is -0.116. The normalized spacial score (nSPS) is 9.84. The summed E-state index contributed by atoms with van der Waals surface area (Å²) in [6.45, 7) is 3.78. The highest BCUT2D eigenvalue weighted by atomic mass is 19.1. The summed E-state index contributed by atoms with van der Waals surface area (Å²) >= 11 is 0. The van der Waals surface area contributed by atoms with E-state index in [9.17, 15) is 14.0 Å². The van der Waals surface area contributed by atoms with Gasteiger partial charge in [0.1, 0.15) is 5.82 Å². The molecule has 0 aliphatic heterocycles. The third-order valence-electron chi connectivity index (χ3n) is 2.35. The molecule has 0 fully saturated rings. The molecule has 0 aromatic heterocycles. The highest BCUT2D eigenvalue weighted by Crippen LogP contribution is 2.13. The van der Waals surface area contributed by atoms with Crippen LogP contribution in [0.1, 0.15) is 18.9 Å². The lowest BCUT2D eigenvalue weighted by atomic mass is 10.2. The maximum Gasteiger partial charge on any atom is 0.407 e. The Morgan fingerprint density at radius 3 is 2.74 bits per heavy atom. The third kappa shape index (κ3) is 5.37. The minimum absolute atomic E-state index is 0.0916. The molecule has 0 aliphatic rings. The maximum absolute atomic E-state index is 13.2. The van der Waals surface area contributed by atoms with Gasteiger partial charge in [-0.15, -0.1) is 0 Å². The Morgan fingerprint density at radius 1 is 1.37 bits per heavy atom. The summed E-state index contributed by atoms with van der Waals surface area (Å²) in [4.78, 5) is 22.5. The Balaban J connectivity index is 2.35. The lowest BCUT2D eigenvalue weighted by Crippen LogP contribution is -2.28. The van der Waals surface area contributed by atoms with Crippen molar-refractivity contribution in [3.8, 4) is 0 Å². The number of ether oxygens (including phenoxy) is 1. The zero-order valence-corrected chi connectivity index (χ0v) is 11.0. The summed E-state index contributed by atoms with van der Waals surface area (Å²) in [5, 5.41) is 4.97. The van der Waals surface area contributed by atoms with E-state index in [1.54, 1.807) is 26.0 Å². The van der Waals surface area contributed by atoms with Crippen molar-refractivity contribution < 1.29 is 18.7 Å². The highest BCUT2D eigenvalue weighted by Gasteiger charge is 2.06. The molecule has 1 aromatic carbocycles. The number of carbonyl (C=O) groups is 2. The highest BCUT2D eigenvalue weighted by molar-refractivity contribution is 5.91. The van der Waals surface area contributed by atoms with Gasteiger partial charge in [0.05, 0.1) is 6.61 Å². The predicted octanol–water partition coefficient (Wildman–Crippen LogP) is 2.21. The molecule has 5 nitrogen and oxygen atoms in total. The van der Waals surface area contributed by atoms with E-state index in [-0.39, 0.29) is 31.3 Å². The number of hydrogen-bond donors (Lipinski definition) is 2. The molecule has 0 saturated heterocycles. The molecule has 0 saturated carbocycles. The molecular weight excluding hydrogens is 251 g/mol. The number of hydrogen-bond acceptors (Lipinski definition) is 3. The van der Waals surface area contributed by atoms with E-state index in [1.807, 2.05) is 0 Å². The van der Waals surface area contributed by atoms with Crippen LogP contribution in [0.4, 0.5) is 14.9 Å². The number of aryl methyl sites for hydroxylation is 1. The maximum atomic E-state index is 13.2. The first-order chi connectivity index (χ1) is 9.02. The summed E-state index contributed by atoms with van der Waals surface area (Å²) in [6.07, 6.45) is -0.467. The second kappa shape index (κ2) is 7.35. The van der Waals surface area contributed by atoms with Crippen molar-refractivity contribution in [3.05, 3.63) is 29.6 Å². The Labute approximate surface area is 111 Å². The standard InChI is InChI=1S/C13H17FN2O3/c1-3-19-13(18)15-7-6-12(17)16-10-5-4-9(2)11(14)8-10/h4-5,8H,3,6-7H2,1-2H3,(H,15,18)(H,16,17). The van der Waals surface area contributed by atoms with Crippen molar-refractivity contribution in [2.75, 3.05) is 18.5 Å². The molecule has 1 rings (SSSR count). The smallest absolute Gasteiger partial charge is 0.407 e. The van der Waals surface area contributed by atoms with Gasteiger partial charge in [0.25, 0.3) is 0 Å². The van der Waals surface area contributed by atoms with E-state index in [0.29, 0.717) is 11.3 Å². The van der Waals surface area contributed by atoms with Gasteiger partial charge in [0.2, 0.25) is 5.91 Å². The van der Waals surface area contributed by atoms with E-state index >= 15 is 0 Å². The second-order valence-electron chi connectivity index (χ2n) is 3.91. The molecule has 0 spiro atoms. The van der Waals surface area contributed by atoms with Gasteiger partial charge < -0.3 is 15.4 Å². The monoisotopic (exact) mass is 268 g/mol. The van der Waals surface area contributed by atoms with Crippen LogP contribution in [0.3, 0.4) is 0 Å². The molecule has 0 unspecified atom stereocenters. The first kappa shape index (κ1) is 14.9. The van der Waals surface area contributed by atoms with Crippen molar-refractivity contribution in [3.63, 3.8) is 0 Å². The number of anilines is 1. The van der Waals surface area contributed by atoms with E-state index in [1.165, 1.54) is 6.07 Å². The van der Waals surface area contributed by atoms with Gasteiger partial charge in [-0.3, -0.25) is 4.79 Å². The molecule has 104 valence electrons. The summed E-state index contributed by atoms with van der Waals surface area (Å²) in [5.74, 6) is -0.678. The van der Waals surface area contributed by atoms with Crippen molar-refractivity contribution in [2.24, 2.45) is 0 Å². The van der Waals surface area contributed by atoms with Crippen molar-refractivity contribution >= 4 is 17.7 Å². The Kier molecular flexibility index (Phi) is 5.78. The molecule has 0 aliphatic carbocycles. The van der Waals surface area contributed by atoms with E-state index in [0.717, 1.165) is 0 Å². The summed E-state index contributed by atoms with van der Waals surface area (Å²) in [5.41, 5.74) is 0.909. The summed E-state index contributed by atoms with van der Waals surface area (Å²) in [7, 11) is 0. The molecule has 0 bridgehead atoms. The van der Waals surface area contributed by atoms with Gasteiger partial charge >= 0.3 is 6.09 Å². The number of alkyl carbamates (subject to hydrolysis) is 1. The van der Waals surface area contributed by atoms with Crippen LogP contribution < -0.4 is 10.6 Å². The van der Waals surface area contributed by atoms with Crippen LogP contribution in [0.25, 0.3) is 0 Å². The topological polar surface area (TPSA) is 67.4 Å². The first-order valence-electron chi connectivity index (χ1n) is 5.99. The van der Waals surface area contributed by atoms with Gasteiger partial charge in [-0.1, -0.05) is 6.07 Å². The molecule has 1 aromatic rings. The molecule has 2 amide bonds. The minimum Gasteiger partial charge on any atom is -0.450 e. The van der Waals surface area contributed by atoms with Crippen molar-refractivity contribution in [1.29, 1.82) is 0 Å².